The van der Waals surface area contributed by atoms with Crippen LogP contribution in [0.3, 0.4) is 0 Å². The van der Waals surface area contributed by atoms with E-state index in [9.17, 15) is 5.11 Å². The van der Waals surface area contributed by atoms with E-state index in [1.807, 2.05) is 32.3 Å². The van der Waals surface area contributed by atoms with Gasteiger partial charge in [-0.2, -0.15) is 5.10 Å². The minimum atomic E-state index is -0.633. The van der Waals surface area contributed by atoms with Gasteiger partial charge in [0.2, 0.25) is 0 Å². The minimum absolute atomic E-state index is 0.179. The molecule has 0 aliphatic heterocycles. The first-order valence-corrected chi connectivity index (χ1v) is 7.29. The van der Waals surface area contributed by atoms with Crippen molar-refractivity contribution >= 4 is 17.3 Å². The van der Waals surface area contributed by atoms with Gasteiger partial charge in [0.15, 0.2) is 0 Å². The van der Waals surface area contributed by atoms with Crippen molar-refractivity contribution in [2.75, 3.05) is 18.5 Å². The average molecular weight is 310 g/mol. The molecule has 1 aromatic carbocycles. The molecule has 1 unspecified atom stereocenters. The van der Waals surface area contributed by atoms with Crippen molar-refractivity contribution in [3.63, 3.8) is 0 Å². The monoisotopic (exact) mass is 309 g/mol. The number of ether oxygens (including phenoxy) is 1. The van der Waals surface area contributed by atoms with Crippen molar-refractivity contribution in [2.45, 2.75) is 19.4 Å². The first-order chi connectivity index (χ1) is 10.1. The van der Waals surface area contributed by atoms with Gasteiger partial charge in [0.25, 0.3) is 0 Å². The van der Waals surface area contributed by atoms with Gasteiger partial charge in [-0.3, -0.25) is 4.68 Å². The van der Waals surface area contributed by atoms with Crippen LogP contribution in [0, 0.1) is 0 Å². The largest absolute Gasteiger partial charge is 0.489 e. The number of nitrogens with zero attached hydrogens (tertiary/aromatic N) is 2. The first kappa shape index (κ1) is 15.7. The predicted octanol–water partition coefficient (Wildman–Crippen LogP) is 2.49. The molecule has 0 aliphatic rings. The number of aryl methyl sites for hydroxylation is 2. The normalized spacial score (nSPS) is 12.2. The second-order valence-electron chi connectivity index (χ2n) is 4.79. The van der Waals surface area contributed by atoms with Crippen molar-refractivity contribution in [1.29, 1.82) is 0 Å². The maximum Gasteiger partial charge on any atom is 0.138 e. The van der Waals surface area contributed by atoms with Gasteiger partial charge in [-0.25, -0.2) is 0 Å². The molecule has 0 radical (unpaired) electrons. The van der Waals surface area contributed by atoms with E-state index in [0.717, 1.165) is 17.8 Å². The van der Waals surface area contributed by atoms with E-state index >= 15 is 0 Å². The molecule has 0 spiro atoms. The van der Waals surface area contributed by atoms with E-state index in [1.54, 1.807) is 16.8 Å². The van der Waals surface area contributed by atoms with Crippen LogP contribution < -0.4 is 10.1 Å². The highest BCUT2D eigenvalue weighted by Gasteiger charge is 2.10. The van der Waals surface area contributed by atoms with E-state index < -0.39 is 6.10 Å². The van der Waals surface area contributed by atoms with Gasteiger partial charge < -0.3 is 15.2 Å². The number of para-hydroxylation sites is 1. The second-order valence-corrected chi connectivity index (χ2v) is 5.20. The Bertz CT molecular complexity index is 586. The zero-order chi connectivity index (χ0) is 15.2. The standard InChI is InChI=1S/C15H20ClN3O2/c1-3-13-14(9-19(2)18-13)17-8-11(20)10-21-15-7-5-4-6-12(15)16/h4-7,9,11,17,20H,3,8,10H2,1-2H3. The molecule has 2 rings (SSSR count). The quantitative estimate of drug-likeness (QED) is 0.825. The Labute approximate surface area is 129 Å². The first-order valence-electron chi connectivity index (χ1n) is 6.92. The Morgan fingerprint density at radius 3 is 2.90 bits per heavy atom. The highest BCUT2D eigenvalue weighted by molar-refractivity contribution is 6.32. The topological polar surface area (TPSA) is 59.3 Å². The number of aliphatic hydroxyl groups is 1. The fourth-order valence-corrected chi connectivity index (χ4v) is 2.17. The molecule has 2 aromatic rings. The summed E-state index contributed by atoms with van der Waals surface area (Å²) in [5.74, 6) is 0.578. The highest BCUT2D eigenvalue weighted by atomic mass is 35.5. The lowest BCUT2D eigenvalue weighted by molar-refractivity contribution is 0.117. The van der Waals surface area contributed by atoms with Gasteiger partial charge >= 0.3 is 0 Å². The van der Waals surface area contributed by atoms with E-state index in [4.69, 9.17) is 16.3 Å². The molecule has 114 valence electrons. The Hall–Kier alpha value is -1.72. The summed E-state index contributed by atoms with van der Waals surface area (Å²) in [5.41, 5.74) is 1.92. The van der Waals surface area contributed by atoms with Crippen molar-refractivity contribution < 1.29 is 9.84 Å². The van der Waals surface area contributed by atoms with Crippen molar-refractivity contribution in [1.82, 2.24) is 9.78 Å². The summed E-state index contributed by atoms with van der Waals surface area (Å²) in [5, 5.41) is 18.0. The van der Waals surface area contributed by atoms with Crippen LogP contribution in [-0.2, 0) is 13.5 Å². The van der Waals surface area contributed by atoms with Gasteiger partial charge in [0.05, 0.1) is 16.4 Å². The van der Waals surface area contributed by atoms with Crippen molar-refractivity contribution in [3.8, 4) is 5.75 Å². The smallest absolute Gasteiger partial charge is 0.138 e. The number of halogens is 1. The Balaban J connectivity index is 1.82. The number of aliphatic hydroxyl groups excluding tert-OH is 1. The molecule has 0 aliphatic carbocycles. The van der Waals surface area contributed by atoms with E-state index in [2.05, 4.69) is 10.4 Å². The van der Waals surface area contributed by atoms with Gasteiger partial charge in [0, 0.05) is 19.8 Å². The fraction of sp³-hybridized carbons (Fsp3) is 0.400. The molecule has 0 saturated carbocycles. The average Bonchev–Trinajstić information content (AvgIpc) is 2.84. The number of hydrogen-bond donors (Lipinski definition) is 2. The fourth-order valence-electron chi connectivity index (χ4n) is 1.98. The SMILES string of the molecule is CCc1nn(C)cc1NCC(O)COc1ccccc1Cl. The Kier molecular flexibility index (Phi) is 5.47. The number of hydrogen-bond acceptors (Lipinski definition) is 4. The van der Waals surface area contributed by atoms with Gasteiger partial charge in [-0.15, -0.1) is 0 Å². The Morgan fingerprint density at radius 2 is 2.19 bits per heavy atom. The van der Waals surface area contributed by atoms with Crippen LogP contribution in [0.1, 0.15) is 12.6 Å². The molecule has 0 amide bonds. The van der Waals surface area contributed by atoms with Crippen LogP contribution in [-0.4, -0.2) is 34.1 Å². The van der Waals surface area contributed by atoms with Crippen LogP contribution in [0.2, 0.25) is 5.02 Å². The minimum Gasteiger partial charge on any atom is -0.489 e. The lowest BCUT2D eigenvalue weighted by Crippen LogP contribution is -2.26. The maximum absolute atomic E-state index is 9.98. The predicted molar refractivity (Wildman–Crippen MR) is 84.0 cm³/mol. The lowest BCUT2D eigenvalue weighted by atomic mass is 10.3. The molecule has 0 fully saturated rings. The van der Waals surface area contributed by atoms with Crippen LogP contribution in [0.15, 0.2) is 30.5 Å². The summed E-state index contributed by atoms with van der Waals surface area (Å²) in [7, 11) is 1.88. The maximum atomic E-state index is 9.98. The molecule has 0 bridgehead atoms. The van der Waals surface area contributed by atoms with Crippen LogP contribution in [0.25, 0.3) is 0 Å². The van der Waals surface area contributed by atoms with E-state index in [-0.39, 0.29) is 6.61 Å². The zero-order valence-electron chi connectivity index (χ0n) is 12.2. The Morgan fingerprint density at radius 1 is 1.43 bits per heavy atom. The second kappa shape index (κ2) is 7.33. The molecule has 1 atom stereocenters. The third-order valence-electron chi connectivity index (χ3n) is 3.04. The number of nitrogens with one attached hydrogen (secondary N) is 1. The van der Waals surface area contributed by atoms with Crippen molar-refractivity contribution in [3.05, 3.63) is 41.2 Å². The molecule has 2 N–H and O–H groups in total. The summed E-state index contributed by atoms with van der Waals surface area (Å²) in [6, 6.07) is 7.21. The molecular formula is C15H20ClN3O2. The highest BCUT2D eigenvalue weighted by Crippen LogP contribution is 2.23. The zero-order valence-corrected chi connectivity index (χ0v) is 13.0. The summed E-state index contributed by atoms with van der Waals surface area (Å²) in [6.07, 6.45) is 2.11. The summed E-state index contributed by atoms with van der Waals surface area (Å²) in [4.78, 5) is 0. The molecular weight excluding hydrogens is 290 g/mol. The van der Waals surface area contributed by atoms with Gasteiger partial charge in [0.1, 0.15) is 18.5 Å². The number of anilines is 1. The van der Waals surface area contributed by atoms with Crippen LogP contribution in [0.4, 0.5) is 5.69 Å². The third-order valence-corrected chi connectivity index (χ3v) is 3.35. The number of benzene rings is 1. The molecule has 1 heterocycles. The van der Waals surface area contributed by atoms with Crippen LogP contribution >= 0.6 is 11.6 Å². The van der Waals surface area contributed by atoms with Crippen LogP contribution in [0.5, 0.6) is 5.75 Å². The van der Waals surface area contributed by atoms with Gasteiger partial charge in [-0.1, -0.05) is 30.7 Å². The third kappa shape index (κ3) is 4.37. The lowest BCUT2D eigenvalue weighted by Gasteiger charge is -2.14. The van der Waals surface area contributed by atoms with Gasteiger partial charge in [-0.05, 0) is 18.6 Å². The van der Waals surface area contributed by atoms with E-state index in [1.165, 1.54) is 0 Å². The number of aromatic nitrogens is 2. The molecule has 5 nitrogen and oxygen atoms in total. The summed E-state index contributed by atoms with van der Waals surface area (Å²) >= 11 is 5.99. The molecule has 21 heavy (non-hydrogen) atoms. The van der Waals surface area contributed by atoms with Crippen molar-refractivity contribution in [2.24, 2.45) is 7.05 Å². The molecule has 1 aromatic heterocycles. The van der Waals surface area contributed by atoms with E-state index in [0.29, 0.717) is 17.3 Å². The molecule has 6 heteroatoms. The summed E-state index contributed by atoms with van der Waals surface area (Å²) in [6.45, 7) is 2.62. The molecule has 0 saturated heterocycles. The number of rotatable bonds is 7. The summed E-state index contributed by atoms with van der Waals surface area (Å²) < 4.78 is 7.26.